The van der Waals surface area contributed by atoms with Gasteiger partial charge < -0.3 is 20.1 Å². The predicted octanol–water partition coefficient (Wildman–Crippen LogP) is 1.30. The van der Waals surface area contributed by atoms with Crippen LogP contribution in [-0.2, 0) is 14.4 Å². The fraction of sp³-hybridized carbons (Fsp3) is 0.400. The smallest absolute Gasteiger partial charge is 0.326 e. The summed E-state index contributed by atoms with van der Waals surface area (Å²) in [6.07, 6.45) is 0. The van der Waals surface area contributed by atoms with E-state index in [2.05, 4.69) is 5.32 Å². The van der Waals surface area contributed by atoms with Crippen LogP contribution in [0.5, 0.6) is 5.75 Å². The molecule has 1 rings (SSSR count). The highest BCUT2D eigenvalue weighted by atomic mass is 35.5. The molecular weight excluding hydrogens is 343 g/mol. The van der Waals surface area contributed by atoms with Gasteiger partial charge in [0.05, 0.1) is 5.02 Å². The quantitative estimate of drug-likeness (QED) is 0.728. The molecule has 0 saturated carbocycles. The first-order valence-corrected chi connectivity index (χ1v) is 7.44. The first-order chi connectivity index (χ1) is 11.2. The van der Waals surface area contributed by atoms with E-state index in [1.54, 1.807) is 0 Å². The Balaban J connectivity index is 2.70. The Labute approximate surface area is 143 Å². The topological polar surface area (TPSA) is 95.9 Å². The van der Waals surface area contributed by atoms with Crippen molar-refractivity contribution < 1.29 is 28.6 Å². The number of benzene rings is 1. The van der Waals surface area contributed by atoms with Gasteiger partial charge in [-0.25, -0.2) is 9.18 Å². The third kappa shape index (κ3) is 6.04. The summed E-state index contributed by atoms with van der Waals surface area (Å²) in [7, 11) is 0. The molecule has 2 amide bonds. The van der Waals surface area contributed by atoms with Crippen molar-refractivity contribution in [2.45, 2.75) is 19.9 Å². The summed E-state index contributed by atoms with van der Waals surface area (Å²) in [6.45, 7) is 2.34. The van der Waals surface area contributed by atoms with Crippen molar-refractivity contribution in [3.05, 3.63) is 29.0 Å². The maximum Gasteiger partial charge on any atom is 0.326 e. The van der Waals surface area contributed by atoms with Gasteiger partial charge in [-0.05, 0) is 19.1 Å². The summed E-state index contributed by atoms with van der Waals surface area (Å²) in [5.41, 5.74) is 0. The second-order valence-corrected chi connectivity index (χ2v) is 5.36. The first kappa shape index (κ1) is 19.7. The van der Waals surface area contributed by atoms with Gasteiger partial charge in [0.15, 0.2) is 6.61 Å². The second-order valence-electron chi connectivity index (χ2n) is 4.95. The molecule has 0 aliphatic carbocycles. The lowest BCUT2D eigenvalue weighted by molar-refractivity contribution is -0.150. The molecule has 1 unspecified atom stereocenters. The third-order valence-electron chi connectivity index (χ3n) is 3.13. The number of rotatable bonds is 8. The minimum absolute atomic E-state index is 0.0133. The van der Waals surface area contributed by atoms with Gasteiger partial charge in [-0.2, -0.15) is 0 Å². The number of nitrogens with zero attached hydrogens (tertiary/aromatic N) is 1. The zero-order chi connectivity index (χ0) is 18.3. The van der Waals surface area contributed by atoms with E-state index >= 15 is 0 Å². The lowest BCUT2D eigenvalue weighted by atomic mass is 10.2. The standard InChI is InChI=1S/C15H18ClFN2O5/c1-9(15(22)23)19(6-5-18-10(2)20)14(21)8-24-11-3-4-13(17)12(16)7-11/h3-4,7,9H,5-6,8H2,1-2H3,(H,18,20)(H,22,23). The highest BCUT2D eigenvalue weighted by molar-refractivity contribution is 6.30. The number of hydrogen-bond donors (Lipinski definition) is 2. The monoisotopic (exact) mass is 360 g/mol. The molecule has 0 fully saturated rings. The van der Waals surface area contributed by atoms with E-state index < -0.39 is 30.3 Å². The van der Waals surface area contributed by atoms with Crippen LogP contribution in [0.2, 0.25) is 5.02 Å². The normalized spacial score (nSPS) is 11.5. The number of carboxylic acids is 1. The van der Waals surface area contributed by atoms with E-state index in [-0.39, 0.29) is 29.8 Å². The molecule has 9 heteroatoms. The van der Waals surface area contributed by atoms with E-state index in [1.165, 1.54) is 26.0 Å². The van der Waals surface area contributed by atoms with Crippen LogP contribution in [0, 0.1) is 5.82 Å². The third-order valence-corrected chi connectivity index (χ3v) is 3.41. The summed E-state index contributed by atoms with van der Waals surface area (Å²) in [4.78, 5) is 35.3. The lowest BCUT2D eigenvalue weighted by Gasteiger charge is -2.26. The zero-order valence-corrected chi connectivity index (χ0v) is 14.0. The summed E-state index contributed by atoms with van der Waals surface area (Å²) in [5, 5.41) is 11.4. The van der Waals surface area contributed by atoms with Crippen molar-refractivity contribution >= 4 is 29.4 Å². The van der Waals surface area contributed by atoms with Gasteiger partial charge in [-0.3, -0.25) is 9.59 Å². The maximum atomic E-state index is 13.1. The van der Waals surface area contributed by atoms with Gasteiger partial charge in [0.25, 0.3) is 5.91 Å². The molecule has 0 aliphatic heterocycles. The Morgan fingerprint density at radius 1 is 1.42 bits per heavy atom. The van der Waals surface area contributed by atoms with Crippen LogP contribution < -0.4 is 10.1 Å². The molecule has 132 valence electrons. The zero-order valence-electron chi connectivity index (χ0n) is 13.2. The van der Waals surface area contributed by atoms with Crippen LogP contribution in [0.3, 0.4) is 0 Å². The Kier molecular flexibility index (Phi) is 7.44. The fourth-order valence-electron chi connectivity index (χ4n) is 1.81. The Hall–Kier alpha value is -2.35. The number of nitrogens with one attached hydrogen (secondary N) is 1. The number of amides is 2. The van der Waals surface area contributed by atoms with Crippen molar-refractivity contribution in [3.63, 3.8) is 0 Å². The molecule has 1 atom stereocenters. The minimum atomic E-state index is -1.18. The van der Waals surface area contributed by atoms with E-state index in [9.17, 15) is 18.8 Å². The van der Waals surface area contributed by atoms with Crippen LogP contribution in [0.4, 0.5) is 4.39 Å². The van der Waals surface area contributed by atoms with Crippen LogP contribution >= 0.6 is 11.6 Å². The number of carbonyl (C=O) groups excluding carboxylic acids is 2. The van der Waals surface area contributed by atoms with Gasteiger partial charge in [-0.1, -0.05) is 11.6 Å². The van der Waals surface area contributed by atoms with E-state index in [0.717, 1.165) is 11.0 Å². The molecule has 24 heavy (non-hydrogen) atoms. The van der Waals surface area contributed by atoms with Crippen LogP contribution in [0.25, 0.3) is 0 Å². The second kappa shape index (κ2) is 9.07. The van der Waals surface area contributed by atoms with E-state index in [4.69, 9.17) is 21.4 Å². The molecular formula is C15H18ClFN2O5. The molecule has 0 spiro atoms. The minimum Gasteiger partial charge on any atom is -0.484 e. The van der Waals surface area contributed by atoms with Crippen LogP contribution in [-0.4, -0.2) is 53.5 Å². The molecule has 0 aromatic heterocycles. The molecule has 2 N–H and O–H groups in total. The summed E-state index contributed by atoms with van der Waals surface area (Å²) in [6, 6.07) is 2.52. The Morgan fingerprint density at radius 3 is 2.62 bits per heavy atom. The largest absolute Gasteiger partial charge is 0.484 e. The number of hydrogen-bond acceptors (Lipinski definition) is 4. The Bertz CT molecular complexity index is 626. The van der Waals surface area contributed by atoms with Gasteiger partial charge in [0, 0.05) is 26.1 Å². The summed E-state index contributed by atoms with van der Waals surface area (Å²) >= 11 is 5.61. The molecule has 0 aliphatic rings. The number of ether oxygens (including phenoxy) is 1. The number of carbonyl (C=O) groups is 3. The molecule has 0 radical (unpaired) electrons. The van der Waals surface area contributed by atoms with E-state index in [1.807, 2.05) is 0 Å². The molecule has 0 saturated heterocycles. The first-order valence-electron chi connectivity index (χ1n) is 7.07. The number of aliphatic carboxylic acids is 1. The molecule has 0 heterocycles. The van der Waals surface area contributed by atoms with Crippen molar-refractivity contribution in [1.82, 2.24) is 10.2 Å². The average Bonchev–Trinajstić information content (AvgIpc) is 2.51. The van der Waals surface area contributed by atoms with Crippen molar-refractivity contribution in [1.29, 1.82) is 0 Å². The van der Waals surface area contributed by atoms with Crippen LogP contribution in [0.1, 0.15) is 13.8 Å². The fourth-order valence-corrected chi connectivity index (χ4v) is 1.99. The highest BCUT2D eigenvalue weighted by Crippen LogP contribution is 2.21. The van der Waals surface area contributed by atoms with Gasteiger partial charge in [-0.15, -0.1) is 0 Å². The van der Waals surface area contributed by atoms with Crippen LogP contribution in [0.15, 0.2) is 18.2 Å². The number of halogens is 2. The average molecular weight is 361 g/mol. The van der Waals surface area contributed by atoms with Crippen molar-refractivity contribution in [2.75, 3.05) is 19.7 Å². The lowest BCUT2D eigenvalue weighted by Crippen LogP contribution is -2.48. The van der Waals surface area contributed by atoms with Crippen molar-refractivity contribution in [3.8, 4) is 5.75 Å². The molecule has 0 bridgehead atoms. The molecule has 1 aromatic rings. The molecule has 1 aromatic carbocycles. The van der Waals surface area contributed by atoms with Gasteiger partial charge >= 0.3 is 5.97 Å². The number of carboxylic acid groups (broad SMARTS) is 1. The molecule has 7 nitrogen and oxygen atoms in total. The predicted molar refractivity (Wildman–Crippen MR) is 84.4 cm³/mol. The summed E-state index contributed by atoms with van der Waals surface area (Å²) < 4.78 is 18.3. The maximum absolute atomic E-state index is 13.1. The Morgan fingerprint density at radius 2 is 2.08 bits per heavy atom. The SMILES string of the molecule is CC(=O)NCCN(C(=O)COc1ccc(F)c(Cl)c1)C(C)C(=O)O. The van der Waals surface area contributed by atoms with Gasteiger partial charge in [0.1, 0.15) is 17.6 Å². The van der Waals surface area contributed by atoms with Gasteiger partial charge in [0.2, 0.25) is 5.91 Å². The summed E-state index contributed by atoms with van der Waals surface area (Å²) in [5.74, 6) is -2.50. The van der Waals surface area contributed by atoms with E-state index in [0.29, 0.717) is 0 Å². The highest BCUT2D eigenvalue weighted by Gasteiger charge is 2.25. The van der Waals surface area contributed by atoms with Crippen molar-refractivity contribution in [2.24, 2.45) is 0 Å².